The van der Waals surface area contributed by atoms with Gasteiger partial charge >= 0.3 is 0 Å². The highest BCUT2D eigenvalue weighted by Gasteiger charge is 2.25. The van der Waals surface area contributed by atoms with E-state index in [1.54, 1.807) is 6.33 Å². The molecule has 1 N–H and O–H groups in total. The Morgan fingerprint density at radius 3 is 3.00 bits per heavy atom. The molecule has 0 saturated heterocycles. The van der Waals surface area contributed by atoms with Gasteiger partial charge in [-0.05, 0) is 24.5 Å². The maximum Gasteiger partial charge on any atom is 0.254 e. The number of H-pyrrole nitrogens is 1. The molecule has 25 heavy (non-hydrogen) atoms. The van der Waals surface area contributed by atoms with E-state index in [-0.39, 0.29) is 5.91 Å². The van der Waals surface area contributed by atoms with Crippen molar-refractivity contribution in [3.63, 3.8) is 0 Å². The maximum atomic E-state index is 13.2. The summed E-state index contributed by atoms with van der Waals surface area (Å²) in [4.78, 5) is 27.4. The van der Waals surface area contributed by atoms with Gasteiger partial charge in [0, 0.05) is 24.0 Å². The second kappa shape index (κ2) is 6.31. The SMILES string of the molecule is CC(C)Cc1cc(C(=O)N2CCc3nc[nH]c3C2)c2ccccc2n1. The second-order valence-corrected chi connectivity index (χ2v) is 7.08. The highest BCUT2D eigenvalue weighted by Crippen LogP contribution is 2.24. The quantitative estimate of drug-likeness (QED) is 0.799. The number of rotatable bonds is 3. The number of carbonyl (C=O) groups is 1. The fourth-order valence-corrected chi connectivity index (χ4v) is 3.49. The van der Waals surface area contributed by atoms with E-state index in [1.807, 2.05) is 35.2 Å². The second-order valence-electron chi connectivity index (χ2n) is 7.08. The van der Waals surface area contributed by atoms with E-state index in [1.165, 1.54) is 0 Å². The Labute approximate surface area is 147 Å². The van der Waals surface area contributed by atoms with Gasteiger partial charge in [-0.3, -0.25) is 9.78 Å². The summed E-state index contributed by atoms with van der Waals surface area (Å²) < 4.78 is 0. The molecule has 0 fully saturated rings. The van der Waals surface area contributed by atoms with Crippen molar-refractivity contribution in [1.29, 1.82) is 0 Å². The zero-order valence-electron chi connectivity index (χ0n) is 14.6. The number of aromatic amines is 1. The van der Waals surface area contributed by atoms with Gasteiger partial charge in [0.25, 0.3) is 5.91 Å². The van der Waals surface area contributed by atoms with Crippen LogP contribution in [-0.4, -0.2) is 32.3 Å². The fourth-order valence-electron chi connectivity index (χ4n) is 3.49. The first-order valence-electron chi connectivity index (χ1n) is 8.81. The van der Waals surface area contributed by atoms with Crippen LogP contribution in [0.4, 0.5) is 0 Å². The fraction of sp³-hybridized carbons (Fsp3) is 0.350. The van der Waals surface area contributed by atoms with Crippen LogP contribution in [0.1, 0.15) is 41.3 Å². The molecular weight excluding hydrogens is 312 g/mol. The van der Waals surface area contributed by atoms with Crippen molar-refractivity contribution in [2.45, 2.75) is 33.2 Å². The van der Waals surface area contributed by atoms with Gasteiger partial charge < -0.3 is 9.88 Å². The van der Waals surface area contributed by atoms with E-state index in [4.69, 9.17) is 4.98 Å². The number of amides is 1. The molecule has 5 heteroatoms. The largest absolute Gasteiger partial charge is 0.347 e. The zero-order chi connectivity index (χ0) is 17.4. The van der Waals surface area contributed by atoms with Crippen molar-refractivity contribution in [2.24, 2.45) is 5.92 Å². The topological polar surface area (TPSA) is 61.9 Å². The Bertz CT molecular complexity index is 928. The Balaban J connectivity index is 1.73. The molecule has 3 heterocycles. The zero-order valence-corrected chi connectivity index (χ0v) is 14.6. The summed E-state index contributed by atoms with van der Waals surface area (Å²) in [6, 6.07) is 9.89. The predicted molar refractivity (Wildman–Crippen MR) is 97.3 cm³/mol. The first-order valence-corrected chi connectivity index (χ1v) is 8.81. The lowest BCUT2D eigenvalue weighted by molar-refractivity contribution is 0.0733. The lowest BCUT2D eigenvalue weighted by atomic mass is 10.0. The molecular formula is C20H22N4O. The Kier molecular flexibility index (Phi) is 3.99. The molecule has 0 atom stereocenters. The minimum absolute atomic E-state index is 0.0730. The molecule has 0 saturated carbocycles. The van der Waals surface area contributed by atoms with Crippen LogP contribution < -0.4 is 0 Å². The normalized spacial score (nSPS) is 14.1. The van der Waals surface area contributed by atoms with Gasteiger partial charge in [-0.2, -0.15) is 0 Å². The summed E-state index contributed by atoms with van der Waals surface area (Å²) in [5.41, 5.74) is 4.74. The minimum atomic E-state index is 0.0730. The average Bonchev–Trinajstić information content (AvgIpc) is 3.07. The monoisotopic (exact) mass is 334 g/mol. The third kappa shape index (κ3) is 3.02. The van der Waals surface area contributed by atoms with Gasteiger partial charge in [0.1, 0.15) is 0 Å². The number of aromatic nitrogens is 3. The van der Waals surface area contributed by atoms with Crippen molar-refractivity contribution in [3.8, 4) is 0 Å². The number of hydrogen-bond acceptors (Lipinski definition) is 3. The highest BCUT2D eigenvalue weighted by molar-refractivity contribution is 6.06. The molecule has 0 radical (unpaired) electrons. The van der Waals surface area contributed by atoms with Gasteiger partial charge in [0.2, 0.25) is 0 Å². The van der Waals surface area contributed by atoms with Crippen molar-refractivity contribution < 1.29 is 4.79 Å². The summed E-state index contributed by atoms with van der Waals surface area (Å²) in [6.45, 7) is 5.63. The maximum absolute atomic E-state index is 13.2. The van der Waals surface area contributed by atoms with E-state index in [0.29, 0.717) is 19.0 Å². The average molecular weight is 334 g/mol. The lowest BCUT2D eigenvalue weighted by Gasteiger charge is -2.27. The Morgan fingerprint density at radius 1 is 1.32 bits per heavy atom. The number of nitrogens with zero attached hydrogens (tertiary/aromatic N) is 3. The number of carbonyl (C=O) groups excluding carboxylic acids is 1. The van der Waals surface area contributed by atoms with Crippen LogP contribution in [0.2, 0.25) is 0 Å². The van der Waals surface area contributed by atoms with E-state index in [2.05, 4.69) is 23.8 Å². The van der Waals surface area contributed by atoms with Gasteiger partial charge in [0.05, 0.1) is 35.3 Å². The number of benzene rings is 1. The van der Waals surface area contributed by atoms with E-state index in [0.717, 1.165) is 46.4 Å². The number of pyridine rings is 1. The van der Waals surface area contributed by atoms with Crippen molar-refractivity contribution in [1.82, 2.24) is 19.9 Å². The summed E-state index contributed by atoms with van der Waals surface area (Å²) in [5, 5.41) is 0.926. The summed E-state index contributed by atoms with van der Waals surface area (Å²) in [5.74, 6) is 0.572. The highest BCUT2D eigenvalue weighted by atomic mass is 16.2. The first-order chi connectivity index (χ1) is 12.1. The van der Waals surface area contributed by atoms with E-state index in [9.17, 15) is 4.79 Å². The third-order valence-electron chi connectivity index (χ3n) is 4.68. The molecule has 0 unspecified atom stereocenters. The third-order valence-corrected chi connectivity index (χ3v) is 4.68. The summed E-state index contributed by atoms with van der Waals surface area (Å²) in [7, 11) is 0. The molecule has 3 aromatic rings. The molecule has 1 aliphatic rings. The van der Waals surface area contributed by atoms with Gasteiger partial charge in [0.15, 0.2) is 0 Å². The summed E-state index contributed by atoms with van der Waals surface area (Å²) >= 11 is 0. The van der Waals surface area contributed by atoms with Gasteiger partial charge in [-0.25, -0.2) is 4.98 Å². The van der Waals surface area contributed by atoms with Crippen LogP contribution in [0.3, 0.4) is 0 Å². The predicted octanol–water partition coefficient (Wildman–Crippen LogP) is 3.35. The lowest BCUT2D eigenvalue weighted by Crippen LogP contribution is -2.36. The number of para-hydroxylation sites is 1. The van der Waals surface area contributed by atoms with Crippen molar-refractivity contribution in [2.75, 3.05) is 6.54 Å². The number of nitrogens with one attached hydrogen (secondary N) is 1. The molecule has 0 aliphatic carbocycles. The number of hydrogen-bond donors (Lipinski definition) is 1. The van der Waals surface area contributed by atoms with Gasteiger partial charge in [-0.15, -0.1) is 0 Å². The van der Waals surface area contributed by atoms with Crippen LogP contribution in [0.15, 0.2) is 36.7 Å². The number of fused-ring (bicyclic) bond motifs is 2. The molecule has 0 bridgehead atoms. The van der Waals surface area contributed by atoms with Crippen LogP contribution in [0.25, 0.3) is 10.9 Å². The standard InChI is InChI=1S/C20H22N4O/c1-13(2)9-14-10-16(15-5-3-4-6-17(15)23-14)20(25)24-8-7-18-19(11-24)22-12-21-18/h3-6,10,12-13H,7-9,11H2,1-2H3,(H,21,22). The Hall–Kier alpha value is -2.69. The first kappa shape index (κ1) is 15.8. The van der Waals surface area contributed by atoms with E-state index >= 15 is 0 Å². The Morgan fingerprint density at radius 2 is 2.16 bits per heavy atom. The summed E-state index contributed by atoms with van der Waals surface area (Å²) in [6.07, 6.45) is 3.38. The van der Waals surface area contributed by atoms with Crippen LogP contribution in [0.5, 0.6) is 0 Å². The van der Waals surface area contributed by atoms with Crippen molar-refractivity contribution >= 4 is 16.8 Å². The van der Waals surface area contributed by atoms with Crippen LogP contribution >= 0.6 is 0 Å². The molecule has 1 aliphatic heterocycles. The van der Waals surface area contributed by atoms with Crippen LogP contribution in [0, 0.1) is 5.92 Å². The van der Waals surface area contributed by atoms with Gasteiger partial charge in [-0.1, -0.05) is 32.0 Å². The molecule has 0 spiro atoms. The molecule has 2 aromatic heterocycles. The molecule has 1 amide bonds. The molecule has 128 valence electrons. The number of imidazole rings is 1. The molecule has 4 rings (SSSR count). The smallest absolute Gasteiger partial charge is 0.254 e. The van der Waals surface area contributed by atoms with Crippen molar-refractivity contribution in [3.05, 3.63) is 59.3 Å². The van der Waals surface area contributed by atoms with E-state index < -0.39 is 0 Å². The molecule has 1 aromatic carbocycles. The minimum Gasteiger partial charge on any atom is -0.347 e. The van der Waals surface area contributed by atoms with Crippen LogP contribution in [-0.2, 0) is 19.4 Å². The molecule has 5 nitrogen and oxygen atoms in total.